The Balaban J connectivity index is 2.04. The largest absolute Gasteiger partial charge is 0.465 e. The molecule has 3 rings (SSSR count). The highest BCUT2D eigenvalue weighted by Gasteiger charge is 2.37. The minimum absolute atomic E-state index is 0.0604. The number of anilines is 1. The van der Waals surface area contributed by atoms with Crippen molar-refractivity contribution in [2.75, 3.05) is 18.9 Å². The third-order valence-electron chi connectivity index (χ3n) is 5.72. The van der Waals surface area contributed by atoms with E-state index in [1.165, 1.54) is 12.1 Å². The number of nitrogens with zero attached hydrogens (tertiary/aromatic N) is 2. The van der Waals surface area contributed by atoms with Crippen LogP contribution >= 0.6 is 11.5 Å². The van der Waals surface area contributed by atoms with Crippen LogP contribution in [0.4, 0.5) is 10.1 Å². The molecule has 0 saturated heterocycles. The smallest absolute Gasteiger partial charge is 0.325 e. The Hall–Kier alpha value is -3.54. The fourth-order valence-electron chi connectivity index (χ4n) is 4.03. The van der Waals surface area contributed by atoms with Gasteiger partial charge in [-0.05, 0) is 49.0 Å². The molecule has 1 aromatic carbocycles. The van der Waals surface area contributed by atoms with Crippen LogP contribution in [-0.4, -0.2) is 52.2 Å². The van der Waals surface area contributed by atoms with E-state index >= 15 is 0 Å². The summed E-state index contributed by atoms with van der Waals surface area (Å²) in [7, 11) is 0. The number of primary amides is 1. The molecule has 1 fully saturated rings. The van der Waals surface area contributed by atoms with Crippen molar-refractivity contribution in [2.45, 2.75) is 51.1 Å². The molecule has 1 aliphatic carbocycles. The molecule has 188 valence electrons. The predicted octanol–water partition coefficient (Wildman–Crippen LogP) is 2.16. The van der Waals surface area contributed by atoms with Gasteiger partial charge in [-0.15, -0.1) is 0 Å². The van der Waals surface area contributed by atoms with Gasteiger partial charge in [-0.1, -0.05) is 31.4 Å². The second-order valence-corrected chi connectivity index (χ2v) is 8.95. The maximum Gasteiger partial charge on any atom is 0.325 e. The summed E-state index contributed by atoms with van der Waals surface area (Å²) in [6.07, 6.45) is 4.58. The van der Waals surface area contributed by atoms with Gasteiger partial charge in [0.25, 0.3) is 11.8 Å². The molecule has 1 atom stereocenters. The number of nitrogens with one attached hydrogen (secondary N) is 1. The molecule has 0 spiro atoms. The molecule has 5 N–H and O–H groups in total. The number of nitrogens with two attached hydrogens (primary N) is 2. The fourth-order valence-corrected chi connectivity index (χ4v) is 4.79. The second kappa shape index (κ2) is 11.7. The maximum absolute atomic E-state index is 13.7. The van der Waals surface area contributed by atoms with Gasteiger partial charge >= 0.3 is 5.97 Å². The van der Waals surface area contributed by atoms with Gasteiger partial charge in [0.15, 0.2) is 5.69 Å². The Labute approximate surface area is 206 Å². The lowest BCUT2D eigenvalue weighted by Gasteiger charge is -2.32. The van der Waals surface area contributed by atoms with Crippen LogP contribution in [0, 0.1) is 5.82 Å². The van der Waals surface area contributed by atoms with E-state index < -0.39 is 42.1 Å². The average Bonchev–Trinajstić information content (AvgIpc) is 3.21. The van der Waals surface area contributed by atoms with E-state index in [9.17, 15) is 23.6 Å². The summed E-state index contributed by atoms with van der Waals surface area (Å²) in [5.41, 5.74) is 11.0. The van der Waals surface area contributed by atoms with Crippen molar-refractivity contribution in [3.8, 4) is 0 Å². The van der Waals surface area contributed by atoms with Crippen LogP contribution in [0.3, 0.4) is 0 Å². The third kappa shape index (κ3) is 6.32. The van der Waals surface area contributed by atoms with Gasteiger partial charge in [0.2, 0.25) is 5.91 Å². The van der Waals surface area contributed by atoms with Crippen LogP contribution in [0.25, 0.3) is 0 Å². The van der Waals surface area contributed by atoms with Crippen LogP contribution in [-0.2, 0) is 14.3 Å². The molecule has 1 heterocycles. The number of rotatable bonds is 9. The Morgan fingerprint density at radius 1 is 1.20 bits per heavy atom. The zero-order chi connectivity index (χ0) is 25.5. The van der Waals surface area contributed by atoms with Crippen molar-refractivity contribution in [3.05, 3.63) is 46.2 Å². The van der Waals surface area contributed by atoms with Gasteiger partial charge in [0.1, 0.15) is 23.3 Å². The molecule has 1 aliphatic rings. The zero-order valence-electron chi connectivity index (χ0n) is 19.3. The summed E-state index contributed by atoms with van der Waals surface area (Å²) in [5, 5.41) is 2.97. The highest BCUT2D eigenvalue weighted by molar-refractivity contribution is 7.09. The summed E-state index contributed by atoms with van der Waals surface area (Å²) in [6, 6.07) is 3.68. The second-order valence-electron chi connectivity index (χ2n) is 8.17. The van der Waals surface area contributed by atoms with Crippen molar-refractivity contribution in [2.24, 2.45) is 5.73 Å². The predicted molar refractivity (Wildman–Crippen MR) is 127 cm³/mol. The van der Waals surface area contributed by atoms with Crippen LogP contribution in [0.1, 0.15) is 70.8 Å². The molecule has 0 unspecified atom stereocenters. The molecule has 1 aromatic heterocycles. The number of esters is 1. The van der Waals surface area contributed by atoms with E-state index in [2.05, 4.69) is 9.69 Å². The summed E-state index contributed by atoms with van der Waals surface area (Å²) < 4.78 is 22.5. The van der Waals surface area contributed by atoms with E-state index in [0.717, 1.165) is 49.1 Å². The van der Waals surface area contributed by atoms with E-state index in [1.54, 1.807) is 6.92 Å². The number of carbonyl (C=O) groups is 4. The molecule has 35 heavy (non-hydrogen) atoms. The molecule has 0 radical (unpaired) electrons. The summed E-state index contributed by atoms with van der Waals surface area (Å²) >= 11 is 0.633. The summed E-state index contributed by atoms with van der Waals surface area (Å²) in [6.45, 7) is 1.08. The Morgan fingerprint density at radius 2 is 1.86 bits per heavy atom. The lowest BCUT2D eigenvalue weighted by Crippen LogP contribution is -2.48. The summed E-state index contributed by atoms with van der Waals surface area (Å²) in [5.74, 6) is -3.54. The minimum Gasteiger partial charge on any atom is -0.465 e. The number of hydrogen-bond donors (Lipinski definition) is 3. The van der Waals surface area contributed by atoms with Crippen LogP contribution in [0.15, 0.2) is 24.3 Å². The quantitative estimate of drug-likeness (QED) is 0.441. The monoisotopic (exact) mass is 505 g/mol. The van der Waals surface area contributed by atoms with Gasteiger partial charge in [-0.3, -0.25) is 19.2 Å². The maximum atomic E-state index is 13.7. The van der Waals surface area contributed by atoms with Crippen molar-refractivity contribution >= 4 is 40.9 Å². The third-order valence-corrected chi connectivity index (χ3v) is 6.57. The Kier molecular flexibility index (Phi) is 8.74. The van der Waals surface area contributed by atoms with Gasteiger partial charge in [0, 0.05) is 6.04 Å². The van der Waals surface area contributed by atoms with Gasteiger partial charge < -0.3 is 26.4 Å². The number of amides is 3. The first-order valence-corrected chi connectivity index (χ1v) is 12.1. The molecular weight excluding hydrogens is 477 g/mol. The molecule has 0 aliphatic heterocycles. The average molecular weight is 506 g/mol. The fraction of sp³-hybridized carbons (Fsp3) is 0.435. The highest BCUT2D eigenvalue weighted by atomic mass is 32.1. The Bertz CT molecular complexity index is 1080. The molecule has 0 bridgehead atoms. The van der Waals surface area contributed by atoms with Crippen molar-refractivity contribution in [1.29, 1.82) is 0 Å². The van der Waals surface area contributed by atoms with Crippen molar-refractivity contribution in [1.82, 2.24) is 14.6 Å². The minimum atomic E-state index is -1.30. The summed E-state index contributed by atoms with van der Waals surface area (Å²) in [4.78, 5) is 52.1. The standard InChI is InChI=1S/C23H28FN5O5S/c1-2-34-16(30)12-29(23(33)20-17(25)18(21(26)31)28-35-20)19(13-8-10-14(24)11-9-13)22(32)27-15-6-4-3-5-7-15/h8-11,15,19H,2-7,12,25H2,1H3,(H2,26,31)(H,27,32)/t19-/m0/s1. The van der Waals surface area contributed by atoms with Crippen LogP contribution in [0.2, 0.25) is 0 Å². The van der Waals surface area contributed by atoms with Crippen LogP contribution < -0.4 is 16.8 Å². The first-order valence-electron chi connectivity index (χ1n) is 11.3. The SMILES string of the molecule is CCOC(=O)CN(C(=O)c1snc(C(N)=O)c1N)[C@H](C(=O)NC1CCCCC1)c1ccc(F)cc1. The number of hydrogen-bond acceptors (Lipinski definition) is 8. The van der Waals surface area contributed by atoms with Gasteiger partial charge in [0.05, 0.1) is 12.3 Å². The van der Waals surface area contributed by atoms with E-state index in [1.807, 2.05) is 0 Å². The topological polar surface area (TPSA) is 158 Å². The molecular formula is C23H28FN5O5S. The number of halogens is 1. The van der Waals surface area contributed by atoms with Gasteiger partial charge in [-0.25, -0.2) is 4.39 Å². The van der Waals surface area contributed by atoms with Gasteiger partial charge in [-0.2, -0.15) is 4.37 Å². The van der Waals surface area contributed by atoms with E-state index in [-0.39, 0.29) is 34.5 Å². The van der Waals surface area contributed by atoms with E-state index in [4.69, 9.17) is 16.2 Å². The molecule has 12 heteroatoms. The highest BCUT2D eigenvalue weighted by Crippen LogP contribution is 2.29. The number of benzene rings is 1. The van der Waals surface area contributed by atoms with E-state index in [0.29, 0.717) is 11.5 Å². The number of aromatic nitrogens is 1. The molecule has 1 saturated carbocycles. The normalized spacial score (nSPS) is 14.7. The van der Waals surface area contributed by atoms with Crippen molar-refractivity contribution < 1.29 is 28.3 Å². The lowest BCUT2D eigenvalue weighted by atomic mass is 9.94. The number of nitrogen functional groups attached to an aromatic ring is 1. The number of carbonyl (C=O) groups excluding carboxylic acids is 4. The molecule has 3 amide bonds. The lowest BCUT2D eigenvalue weighted by molar-refractivity contribution is -0.145. The number of ether oxygens (including phenoxy) is 1. The van der Waals surface area contributed by atoms with Crippen molar-refractivity contribution in [3.63, 3.8) is 0 Å². The Morgan fingerprint density at radius 3 is 2.43 bits per heavy atom. The zero-order valence-corrected chi connectivity index (χ0v) is 20.1. The van der Waals surface area contributed by atoms with Crippen LogP contribution in [0.5, 0.6) is 0 Å². The first kappa shape index (κ1) is 26.1. The molecule has 2 aromatic rings. The first-order chi connectivity index (χ1) is 16.7. The molecule has 10 nitrogen and oxygen atoms in total.